The predicted molar refractivity (Wildman–Crippen MR) is 138 cm³/mol. The lowest BCUT2D eigenvalue weighted by Gasteiger charge is -2.32. The summed E-state index contributed by atoms with van der Waals surface area (Å²) < 4.78 is 0. The second-order valence-electron chi connectivity index (χ2n) is 9.13. The van der Waals surface area contributed by atoms with Crippen LogP contribution in [0.25, 0.3) is 0 Å². The van der Waals surface area contributed by atoms with Crippen molar-refractivity contribution in [2.24, 2.45) is 0 Å². The lowest BCUT2D eigenvalue weighted by atomic mass is 10.00. The summed E-state index contributed by atoms with van der Waals surface area (Å²) in [5.74, 6) is -0.154. The van der Waals surface area contributed by atoms with Crippen molar-refractivity contribution < 1.29 is 9.59 Å². The molecule has 178 valence electrons. The van der Waals surface area contributed by atoms with E-state index >= 15 is 0 Å². The third kappa shape index (κ3) is 7.05. The van der Waals surface area contributed by atoms with Gasteiger partial charge >= 0.3 is 0 Å². The van der Waals surface area contributed by atoms with Gasteiger partial charge in [0.1, 0.15) is 6.04 Å². The summed E-state index contributed by atoms with van der Waals surface area (Å²) in [6.45, 7) is 8.49. The molecule has 0 saturated heterocycles. The molecule has 0 saturated carbocycles. The molecule has 0 aromatic heterocycles. The Morgan fingerprint density at radius 2 is 1.50 bits per heavy atom. The predicted octanol–water partition coefficient (Wildman–Crippen LogP) is 5.40. The van der Waals surface area contributed by atoms with Crippen molar-refractivity contribution in [3.05, 3.63) is 107 Å². The number of benzene rings is 3. The van der Waals surface area contributed by atoms with Crippen LogP contribution in [0.1, 0.15) is 48.1 Å². The van der Waals surface area contributed by atoms with Crippen LogP contribution in [0, 0.1) is 13.8 Å². The van der Waals surface area contributed by atoms with Gasteiger partial charge in [-0.15, -0.1) is 0 Å². The van der Waals surface area contributed by atoms with E-state index in [2.05, 4.69) is 5.32 Å². The van der Waals surface area contributed by atoms with Crippen LogP contribution in [0.15, 0.2) is 78.9 Å². The molecule has 0 radical (unpaired) electrons. The van der Waals surface area contributed by atoms with Crippen LogP contribution in [0.2, 0.25) is 0 Å². The minimum atomic E-state index is -0.603. The number of carbonyl (C=O) groups excluding carboxylic acids is 2. The number of hydrogen-bond donors (Lipinski definition) is 1. The number of amides is 2. The minimum absolute atomic E-state index is 0.0402. The molecule has 3 aromatic rings. The van der Waals surface area contributed by atoms with Gasteiger partial charge in [-0.2, -0.15) is 0 Å². The Labute approximate surface area is 204 Å². The fourth-order valence-corrected chi connectivity index (χ4v) is 3.96. The first-order valence-corrected chi connectivity index (χ1v) is 12.1. The number of aryl methyl sites for hydroxylation is 2. The van der Waals surface area contributed by atoms with E-state index in [0.29, 0.717) is 13.0 Å². The number of rotatable bonds is 10. The smallest absolute Gasteiger partial charge is 0.243 e. The topological polar surface area (TPSA) is 49.4 Å². The molecule has 0 aliphatic rings. The van der Waals surface area contributed by atoms with Crippen molar-refractivity contribution in [1.82, 2.24) is 10.2 Å². The van der Waals surface area contributed by atoms with Crippen molar-refractivity contribution in [3.63, 3.8) is 0 Å². The lowest BCUT2D eigenvalue weighted by Crippen LogP contribution is -2.52. The first-order chi connectivity index (χ1) is 16.4. The van der Waals surface area contributed by atoms with Crippen LogP contribution in [0.3, 0.4) is 0 Å². The molecule has 3 rings (SSSR count). The van der Waals surface area contributed by atoms with Crippen LogP contribution >= 0.6 is 0 Å². The molecule has 0 aliphatic carbocycles. The maximum absolute atomic E-state index is 13.8. The zero-order valence-electron chi connectivity index (χ0n) is 20.8. The second kappa shape index (κ2) is 12.2. The Morgan fingerprint density at radius 1 is 0.853 bits per heavy atom. The highest BCUT2D eigenvalue weighted by Crippen LogP contribution is 2.18. The summed E-state index contributed by atoms with van der Waals surface area (Å²) in [6.07, 6.45) is 1.56. The molecular formula is C30H36N2O2. The molecule has 4 heteroatoms. The Bertz CT molecular complexity index is 1080. The molecule has 0 spiro atoms. The van der Waals surface area contributed by atoms with Gasteiger partial charge in [0.25, 0.3) is 0 Å². The van der Waals surface area contributed by atoms with Crippen molar-refractivity contribution in [2.75, 3.05) is 0 Å². The lowest BCUT2D eigenvalue weighted by molar-refractivity contribution is -0.141. The summed E-state index contributed by atoms with van der Waals surface area (Å²) in [5, 5.41) is 3.12. The van der Waals surface area contributed by atoms with Gasteiger partial charge in [-0.05, 0) is 49.4 Å². The first kappa shape index (κ1) is 25.2. The van der Waals surface area contributed by atoms with Crippen LogP contribution < -0.4 is 5.32 Å². The SMILES string of the molecule is CC[C@H](C)NC(=O)[C@@H](Cc1ccccc1)N(Cc1ccc(C)cc1)C(=O)Cc1ccccc1C. The quantitative estimate of drug-likeness (QED) is 0.444. The third-order valence-electron chi connectivity index (χ3n) is 6.35. The summed E-state index contributed by atoms with van der Waals surface area (Å²) >= 11 is 0. The highest BCUT2D eigenvalue weighted by molar-refractivity contribution is 5.89. The molecule has 0 heterocycles. The fraction of sp³-hybridized carbons (Fsp3) is 0.333. The van der Waals surface area contributed by atoms with Gasteiger partial charge in [0, 0.05) is 19.0 Å². The maximum atomic E-state index is 13.8. The van der Waals surface area contributed by atoms with Crippen molar-refractivity contribution in [3.8, 4) is 0 Å². The first-order valence-electron chi connectivity index (χ1n) is 12.1. The van der Waals surface area contributed by atoms with Gasteiger partial charge in [-0.25, -0.2) is 0 Å². The van der Waals surface area contributed by atoms with Crippen LogP contribution in [0.5, 0.6) is 0 Å². The average molecular weight is 457 g/mol. The molecule has 3 aromatic carbocycles. The van der Waals surface area contributed by atoms with Crippen molar-refractivity contribution in [2.45, 2.75) is 65.6 Å². The van der Waals surface area contributed by atoms with Crippen LogP contribution in [-0.4, -0.2) is 28.8 Å². The number of nitrogens with one attached hydrogen (secondary N) is 1. The largest absolute Gasteiger partial charge is 0.352 e. The van der Waals surface area contributed by atoms with E-state index < -0.39 is 6.04 Å². The summed E-state index contributed by atoms with van der Waals surface area (Å²) in [4.78, 5) is 29.1. The summed E-state index contributed by atoms with van der Waals surface area (Å²) in [6, 6.07) is 25.5. The number of nitrogens with zero attached hydrogens (tertiary/aromatic N) is 1. The monoisotopic (exact) mass is 456 g/mol. The minimum Gasteiger partial charge on any atom is -0.352 e. The summed E-state index contributed by atoms with van der Waals surface area (Å²) in [5.41, 5.74) is 5.27. The Hall–Kier alpha value is -3.40. The molecule has 2 amide bonds. The van der Waals surface area contributed by atoms with E-state index in [1.807, 2.05) is 107 Å². The maximum Gasteiger partial charge on any atom is 0.243 e. The molecule has 0 aliphatic heterocycles. The van der Waals surface area contributed by atoms with Crippen molar-refractivity contribution in [1.29, 1.82) is 0 Å². The fourth-order valence-electron chi connectivity index (χ4n) is 3.96. The Kier molecular flexibility index (Phi) is 9.03. The van der Waals surface area contributed by atoms with Gasteiger partial charge in [-0.1, -0.05) is 91.3 Å². The zero-order valence-corrected chi connectivity index (χ0v) is 20.8. The van der Waals surface area contributed by atoms with Crippen LogP contribution in [-0.2, 0) is 29.0 Å². The molecule has 4 nitrogen and oxygen atoms in total. The summed E-state index contributed by atoms with van der Waals surface area (Å²) in [7, 11) is 0. The van der Waals surface area contributed by atoms with Gasteiger partial charge in [0.2, 0.25) is 11.8 Å². The highest BCUT2D eigenvalue weighted by atomic mass is 16.2. The zero-order chi connectivity index (χ0) is 24.5. The van der Waals surface area contributed by atoms with E-state index in [4.69, 9.17) is 0 Å². The van der Waals surface area contributed by atoms with Gasteiger partial charge in [0.05, 0.1) is 6.42 Å². The molecular weight excluding hydrogens is 420 g/mol. The van der Waals surface area contributed by atoms with E-state index in [-0.39, 0.29) is 24.3 Å². The Balaban J connectivity index is 1.97. The van der Waals surface area contributed by atoms with Gasteiger partial charge < -0.3 is 10.2 Å². The van der Waals surface area contributed by atoms with E-state index in [9.17, 15) is 9.59 Å². The third-order valence-corrected chi connectivity index (χ3v) is 6.35. The van der Waals surface area contributed by atoms with Crippen molar-refractivity contribution >= 4 is 11.8 Å². The standard InChI is InChI=1S/C30H36N2O2/c1-5-24(4)31-30(34)28(19-25-12-7-6-8-13-25)32(21-26-17-15-22(2)16-18-26)29(33)20-27-14-10-9-11-23(27)3/h6-18,24,28H,5,19-21H2,1-4H3,(H,31,34)/t24-,28+/m0/s1. The van der Waals surface area contributed by atoms with Crippen LogP contribution in [0.4, 0.5) is 0 Å². The van der Waals surface area contributed by atoms with Gasteiger partial charge in [0.15, 0.2) is 0 Å². The van der Waals surface area contributed by atoms with E-state index in [1.54, 1.807) is 4.90 Å². The molecule has 34 heavy (non-hydrogen) atoms. The van der Waals surface area contributed by atoms with E-state index in [0.717, 1.165) is 34.2 Å². The second-order valence-corrected chi connectivity index (χ2v) is 9.13. The molecule has 2 atom stereocenters. The molecule has 0 bridgehead atoms. The number of hydrogen-bond acceptors (Lipinski definition) is 2. The molecule has 1 N–H and O–H groups in total. The molecule has 0 fully saturated rings. The Morgan fingerprint density at radius 3 is 2.15 bits per heavy atom. The molecule has 0 unspecified atom stereocenters. The number of carbonyl (C=O) groups is 2. The normalized spacial score (nSPS) is 12.6. The highest BCUT2D eigenvalue weighted by Gasteiger charge is 2.31. The van der Waals surface area contributed by atoms with Gasteiger partial charge in [-0.3, -0.25) is 9.59 Å². The van der Waals surface area contributed by atoms with E-state index in [1.165, 1.54) is 0 Å². The average Bonchev–Trinajstić information content (AvgIpc) is 2.84.